The van der Waals surface area contributed by atoms with E-state index in [0.717, 1.165) is 4.90 Å². The second-order valence-electron chi connectivity index (χ2n) is 6.00. The summed E-state index contributed by atoms with van der Waals surface area (Å²) in [5.74, 6) is -2.62. The average molecular weight is 395 g/mol. The third-order valence-electron chi connectivity index (χ3n) is 4.12. The van der Waals surface area contributed by atoms with Crippen LogP contribution in [0.4, 0.5) is 26.3 Å². The van der Waals surface area contributed by atoms with Crippen molar-refractivity contribution in [1.29, 1.82) is 0 Å². The molecule has 3 rings (SSSR count). The first kappa shape index (κ1) is 19.1. The van der Waals surface area contributed by atoms with Crippen molar-refractivity contribution in [1.82, 2.24) is 15.0 Å². The lowest BCUT2D eigenvalue weighted by Crippen LogP contribution is -2.48. The van der Waals surface area contributed by atoms with E-state index >= 15 is 0 Å². The molecule has 12 heteroatoms. The number of rotatable bonds is 2. The Morgan fingerprint density at radius 3 is 2.26 bits per heavy atom. The van der Waals surface area contributed by atoms with Crippen LogP contribution in [0.25, 0.3) is 11.4 Å². The van der Waals surface area contributed by atoms with Crippen LogP contribution in [0.1, 0.15) is 22.7 Å². The van der Waals surface area contributed by atoms with E-state index in [9.17, 15) is 36.2 Å². The average Bonchev–Trinajstić information content (AvgIpc) is 3.21. The number of hydrogen-bond donors (Lipinski definition) is 1. The number of alkyl halides is 6. The van der Waals surface area contributed by atoms with Gasteiger partial charge in [-0.3, -0.25) is 4.79 Å². The summed E-state index contributed by atoms with van der Waals surface area (Å²) in [6.07, 6.45) is -10.3. The van der Waals surface area contributed by atoms with E-state index in [0.29, 0.717) is 0 Å². The van der Waals surface area contributed by atoms with E-state index < -0.39 is 42.7 Å². The van der Waals surface area contributed by atoms with Crippen LogP contribution >= 0.6 is 0 Å². The number of amides is 1. The van der Waals surface area contributed by atoms with Crippen molar-refractivity contribution in [2.45, 2.75) is 24.4 Å². The molecule has 0 radical (unpaired) electrons. The molecule has 1 aromatic heterocycles. The third-order valence-corrected chi connectivity index (χ3v) is 4.12. The van der Waals surface area contributed by atoms with Gasteiger partial charge in [0.2, 0.25) is 5.82 Å². The quantitative estimate of drug-likeness (QED) is 0.792. The lowest BCUT2D eigenvalue weighted by molar-refractivity contribution is -0.253. The van der Waals surface area contributed by atoms with E-state index in [1.807, 2.05) is 0 Å². The molecular weight excluding hydrogens is 384 g/mol. The Hall–Kier alpha value is -2.63. The van der Waals surface area contributed by atoms with Gasteiger partial charge in [-0.2, -0.15) is 31.3 Å². The molecule has 1 amide bonds. The lowest BCUT2D eigenvalue weighted by Gasteiger charge is -2.25. The number of nitrogens with zero attached hydrogens (tertiary/aromatic N) is 3. The molecule has 1 atom stereocenters. The number of aromatic nitrogens is 2. The van der Waals surface area contributed by atoms with Gasteiger partial charge in [-0.05, 0) is 12.1 Å². The molecule has 1 aromatic carbocycles. The molecule has 1 aliphatic rings. The summed E-state index contributed by atoms with van der Waals surface area (Å²) in [5.41, 5.74) is -2.83. The maximum absolute atomic E-state index is 12.8. The van der Waals surface area contributed by atoms with E-state index in [1.165, 1.54) is 24.3 Å². The fraction of sp³-hybridized carbons (Fsp3) is 0.400. The zero-order valence-electron chi connectivity index (χ0n) is 13.3. The Morgan fingerprint density at radius 1 is 1.15 bits per heavy atom. The van der Waals surface area contributed by atoms with Gasteiger partial charge in [0.05, 0.1) is 6.54 Å². The molecule has 0 bridgehead atoms. The van der Waals surface area contributed by atoms with Crippen LogP contribution in [0, 0.1) is 0 Å². The Kier molecular flexibility index (Phi) is 4.41. The minimum atomic E-state index is -4.86. The summed E-state index contributed by atoms with van der Waals surface area (Å²) >= 11 is 0. The van der Waals surface area contributed by atoms with Crippen LogP contribution in [0.5, 0.6) is 0 Å². The standard InChI is InChI=1S/C15H11F6N3O3/c16-14(17,18)12-22-10(23-27-12)8-1-3-9(4-2-8)11(25)24-6-5-13(26,7-24)15(19,20)21/h1-4,26H,5-7H2/t13-/m1/s1. The number of benzene rings is 1. The van der Waals surface area contributed by atoms with E-state index in [1.54, 1.807) is 0 Å². The molecule has 2 heterocycles. The molecule has 27 heavy (non-hydrogen) atoms. The second-order valence-corrected chi connectivity index (χ2v) is 6.00. The second kappa shape index (κ2) is 6.22. The largest absolute Gasteiger partial charge is 0.471 e. The number of β-amino-alcohol motifs (C(OH)–C–C–N with tert-alkyl or cyclic N) is 1. The molecule has 1 N–H and O–H groups in total. The maximum atomic E-state index is 12.8. The van der Waals surface area contributed by atoms with Crippen LogP contribution in [0.2, 0.25) is 0 Å². The zero-order chi connectivity index (χ0) is 20.0. The highest BCUT2D eigenvalue weighted by atomic mass is 19.4. The van der Waals surface area contributed by atoms with Gasteiger partial charge in [0.15, 0.2) is 5.60 Å². The SMILES string of the molecule is O=C(c1ccc(-c2noc(C(F)(F)F)n2)cc1)N1CC[C@](O)(C(F)(F)F)C1. The van der Waals surface area contributed by atoms with Crippen molar-refractivity contribution in [3.8, 4) is 11.4 Å². The highest BCUT2D eigenvalue weighted by Crippen LogP contribution is 2.38. The predicted molar refractivity (Wildman–Crippen MR) is 76.3 cm³/mol. The zero-order valence-corrected chi connectivity index (χ0v) is 13.3. The molecule has 0 spiro atoms. The molecule has 2 aromatic rings. The molecule has 0 unspecified atom stereocenters. The summed E-state index contributed by atoms with van der Waals surface area (Å²) in [5, 5.41) is 12.8. The molecule has 0 aliphatic carbocycles. The highest BCUT2D eigenvalue weighted by Gasteiger charge is 2.57. The summed E-state index contributed by atoms with van der Waals surface area (Å²) in [6, 6.07) is 4.91. The summed E-state index contributed by atoms with van der Waals surface area (Å²) in [7, 11) is 0. The number of aliphatic hydroxyl groups is 1. The van der Waals surface area contributed by atoms with Crippen LogP contribution < -0.4 is 0 Å². The van der Waals surface area contributed by atoms with Crippen LogP contribution in [0.3, 0.4) is 0 Å². The number of carbonyl (C=O) groups is 1. The minimum absolute atomic E-state index is 0.00437. The van der Waals surface area contributed by atoms with Gasteiger partial charge in [-0.25, -0.2) is 0 Å². The molecule has 1 saturated heterocycles. The summed E-state index contributed by atoms with van der Waals surface area (Å²) < 4.78 is 79.9. The van der Waals surface area contributed by atoms with Gasteiger partial charge in [0.1, 0.15) is 0 Å². The van der Waals surface area contributed by atoms with Crippen molar-refractivity contribution in [2.24, 2.45) is 0 Å². The van der Waals surface area contributed by atoms with Gasteiger partial charge in [-0.15, -0.1) is 0 Å². The first-order valence-corrected chi connectivity index (χ1v) is 7.50. The molecule has 1 fully saturated rings. The normalized spacial score (nSPS) is 20.9. The van der Waals surface area contributed by atoms with Crippen molar-refractivity contribution >= 4 is 5.91 Å². The van der Waals surface area contributed by atoms with E-state index in [2.05, 4.69) is 14.7 Å². The number of hydrogen-bond acceptors (Lipinski definition) is 5. The number of likely N-dealkylation sites (tertiary alicyclic amines) is 1. The van der Waals surface area contributed by atoms with Crippen molar-refractivity contribution in [3.63, 3.8) is 0 Å². The number of halogens is 6. The Labute approximate surface area is 147 Å². The van der Waals surface area contributed by atoms with Gasteiger partial charge < -0.3 is 14.5 Å². The van der Waals surface area contributed by atoms with Gasteiger partial charge in [0.25, 0.3) is 5.91 Å². The van der Waals surface area contributed by atoms with Gasteiger partial charge in [-0.1, -0.05) is 17.3 Å². The summed E-state index contributed by atoms with van der Waals surface area (Å²) in [4.78, 5) is 16.3. The van der Waals surface area contributed by atoms with Crippen LogP contribution in [-0.4, -0.2) is 50.9 Å². The summed E-state index contributed by atoms with van der Waals surface area (Å²) in [6.45, 7) is -1.17. The molecule has 6 nitrogen and oxygen atoms in total. The maximum Gasteiger partial charge on any atom is 0.471 e. The van der Waals surface area contributed by atoms with Gasteiger partial charge >= 0.3 is 18.2 Å². The van der Waals surface area contributed by atoms with Crippen molar-refractivity contribution < 1.29 is 40.8 Å². The Bertz CT molecular complexity index is 846. The lowest BCUT2D eigenvalue weighted by atomic mass is 10.0. The Morgan fingerprint density at radius 2 is 1.78 bits per heavy atom. The monoisotopic (exact) mass is 395 g/mol. The van der Waals surface area contributed by atoms with Gasteiger partial charge in [0, 0.05) is 24.1 Å². The van der Waals surface area contributed by atoms with Crippen LogP contribution in [-0.2, 0) is 6.18 Å². The predicted octanol–water partition coefficient (Wildman–Crippen LogP) is 2.89. The van der Waals surface area contributed by atoms with E-state index in [4.69, 9.17) is 0 Å². The minimum Gasteiger partial charge on any atom is -0.379 e. The third kappa shape index (κ3) is 3.61. The molecule has 146 valence electrons. The topological polar surface area (TPSA) is 79.5 Å². The van der Waals surface area contributed by atoms with Crippen molar-refractivity contribution in [2.75, 3.05) is 13.1 Å². The molecular formula is C15H11F6N3O3. The van der Waals surface area contributed by atoms with Crippen molar-refractivity contribution in [3.05, 3.63) is 35.7 Å². The van der Waals surface area contributed by atoms with Crippen LogP contribution in [0.15, 0.2) is 28.8 Å². The van der Waals surface area contributed by atoms with E-state index in [-0.39, 0.29) is 23.5 Å². The Balaban J connectivity index is 1.74. The fourth-order valence-corrected chi connectivity index (χ4v) is 2.60. The highest BCUT2D eigenvalue weighted by molar-refractivity contribution is 5.94. The fourth-order valence-electron chi connectivity index (χ4n) is 2.60. The smallest absolute Gasteiger partial charge is 0.379 e. The number of carbonyl (C=O) groups excluding carboxylic acids is 1. The molecule has 0 saturated carbocycles. The first-order chi connectivity index (χ1) is 12.4. The first-order valence-electron chi connectivity index (χ1n) is 7.50. The molecule has 1 aliphatic heterocycles.